The highest BCUT2D eigenvalue weighted by molar-refractivity contribution is 5.89. The number of hydrogen-bond donors (Lipinski definition) is 1. The van der Waals surface area contributed by atoms with Crippen molar-refractivity contribution in [3.8, 4) is 0 Å². The Bertz CT molecular complexity index is 539. The lowest BCUT2D eigenvalue weighted by Crippen LogP contribution is -2.49. The van der Waals surface area contributed by atoms with E-state index in [9.17, 15) is 14.4 Å². The number of likely N-dealkylation sites (tertiary alicyclic amines) is 1. The van der Waals surface area contributed by atoms with Crippen molar-refractivity contribution in [3.63, 3.8) is 0 Å². The topological polar surface area (TPSA) is 73.0 Å². The van der Waals surface area contributed by atoms with E-state index in [-0.39, 0.29) is 23.6 Å². The number of rotatable bonds is 6. The summed E-state index contributed by atoms with van der Waals surface area (Å²) >= 11 is 0. The molecule has 1 saturated carbocycles. The molecular formula is C20H34N4O3. The second-order valence-electron chi connectivity index (χ2n) is 8.10. The summed E-state index contributed by atoms with van der Waals surface area (Å²) in [5.41, 5.74) is 0. The molecule has 1 N–H and O–H groups in total. The van der Waals surface area contributed by atoms with Crippen molar-refractivity contribution in [2.24, 2.45) is 5.92 Å². The molecule has 2 heterocycles. The van der Waals surface area contributed by atoms with Crippen LogP contribution in [-0.2, 0) is 14.4 Å². The molecular weight excluding hydrogens is 344 g/mol. The number of carbonyl (C=O) groups excluding carboxylic acids is 3. The predicted molar refractivity (Wildman–Crippen MR) is 103 cm³/mol. The molecule has 1 atom stereocenters. The van der Waals surface area contributed by atoms with E-state index in [0.29, 0.717) is 32.0 Å². The summed E-state index contributed by atoms with van der Waals surface area (Å²) in [7, 11) is 0. The Kier molecular flexibility index (Phi) is 7.10. The van der Waals surface area contributed by atoms with E-state index < -0.39 is 0 Å². The number of piperazine rings is 1. The van der Waals surface area contributed by atoms with E-state index in [1.807, 2.05) is 9.80 Å². The lowest BCUT2D eigenvalue weighted by molar-refractivity contribution is -0.133. The largest absolute Gasteiger partial charge is 0.355 e. The van der Waals surface area contributed by atoms with Crippen LogP contribution in [0, 0.1) is 5.92 Å². The molecule has 2 aliphatic heterocycles. The summed E-state index contributed by atoms with van der Waals surface area (Å²) in [4.78, 5) is 43.2. The first-order chi connectivity index (χ1) is 13.1. The molecule has 0 aromatic heterocycles. The maximum absolute atomic E-state index is 12.4. The van der Waals surface area contributed by atoms with Gasteiger partial charge in [0.25, 0.3) is 0 Å². The smallest absolute Gasteiger partial charge is 0.225 e. The molecule has 152 valence electrons. The van der Waals surface area contributed by atoms with Gasteiger partial charge in [0, 0.05) is 58.2 Å². The summed E-state index contributed by atoms with van der Waals surface area (Å²) < 4.78 is 0. The van der Waals surface area contributed by atoms with Crippen molar-refractivity contribution in [2.75, 3.05) is 45.8 Å². The molecule has 0 aromatic carbocycles. The summed E-state index contributed by atoms with van der Waals surface area (Å²) in [6.45, 7) is 7.46. The SMILES string of the molecule is CCN1CCN(C(=O)CCNC(=O)C2CC(=O)N(C3CCCCC3)C2)CC1. The Hall–Kier alpha value is -1.63. The highest BCUT2D eigenvalue weighted by atomic mass is 16.2. The van der Waals surface area contributed by atoms with Gasteiger partial charge in [0.05, 0.1) is 5.92 Å². The molecule has 2 saturated heterocycles. The molecule has 1 unspecified atom stereocenters. The van der Waals surface area contributed by atoms with E-state index in [4.69, 9.17) is 0 Å². The fourth-order valence-electron chi connectivity index (χ4n) is 4.56. The van der Waals surface area contributed by atoms with Gasteiger partial charge in [-0.15, -0.1) is 0 Å². The summed E-state index contributed by atoms with van der Waals surface area (Å²) in [5.74, 6) is -0.114. The quantitative estimate of drug-likeness (QED) is 0.743. The van der Waals surface area contributed by atoms with Crippen LogP contribution in [0.25, 0.3) is 0 Å². The van der Waals surface area contributed by atoms with E-state index in [1.165, 1.54) is 19.3 Å². The Morgan fingerprint density at radius 2 is 1.78 bits per heavy atom. The van der Waals surface area contributed by atoms with Crippen molar-refractivity contribution in [1.82, 2.24) is 20.0 Å². The molecule has 3 fully saturated rings. The zero-order chi connectivity index (χ0) is 19.2. The number of amides is 3. The van der Waals surface area contributed by atoms with Gasteiger partial charge >= 0.3 is 0 Å². The van der Waals surface area contributed by atoms with Crippen LogP contribution >= 0.6 is 0 Å². The minimum atomic E-state index is -0.261. The monoisotopic (exact) mass is 378 g/mol. The van der Waals surface area contributed by atoms with Crippen LogP contribution in [-0.4, -0.2) is 84.3 Å². The molecule has 3 rings (SSSR count). The molecule has 0 bridgehead atoms. The van der Waals surface area contributed by atoms with Crippen molar-refractivity contribution in [1.29, 1.82) is 0 Å². The van der Waals surface area contributed by atoms with Crippen LogP contribution in [0.3, 0.4) is 0 Å². The third-order valence-electron chi connectivity index (χ3n) is 6.36. The first-order valence-electron chi connectivity index (χ1n) is 10.7. The number of nitrogens with one attached hydrogen (secondary N) is 1. The van der Waals surface area contributed by atoms with Crippen LogP contribution in [0.5, 0.6) is 0 Å². The van der Waals surface area contributed by atoms with Gasteiger partial charge in [0.15, 0.2) is 0 Å². The van der Waals surface area contributed by atoms with Gasteiger partial charge in [-0.3, -0.25) is 14.4 Å². The summed E-state index contributed by atoms with van der Waals surface area (Å²) in [6.07, 6.45) is 6.41. The Balaban J connectivity index is 1.37. The number of likely N-dealkylation sites (N-methyl/N-ethyl adjacent to an activating group) is 1. The van der Waals surface area contributed by atoms with Gasteiger partial charge in [-0.25, -0.2) is 0 Å². The molecule has 3 aliphatic rings. The van der Waals surface area contributed by atoms with E-state index in [0.717, 1.165) is 45.6 Å². The minimum absolute atomic E-state index is 0.0785. The zero-order valence-electron chi connectivity index (χ0n) is 16.6. The second-order valence-corrected chi connectivity index (χ2v) is 8.10. The molecule has 3 amide bonds. The van der Waals surface area contributed by atoms with Gasteiger partial charge in [-0.1, -0.05) is 26.2 Å². The minimum Gasteiger partial charge on any atom is -0.355 e. The molecule has 0 aromatic rings. The maximum atomic E-state index is 12.4. The average molecular weight is 379 g/mol. The number of carbonyl (C=O) groups is 3. The van der Waals surface area contributed by atoms with Crippen molar-refractivity contribution in [3.05, 3.63) is 0 Å². The predicted octanol–water partition coefficient (Wildman–Crippen LogP) is 0.838. The van der Waals surface area contributed by atoms with Gasteiger partial charge in [0.2, 0.25) is 17.7 Å². The Labute approximate surface area is 162 Å². The average Bonchev–Trinajstić information content (AvgIpc) is 3.10. The third-order valence-corrected chi connectivity index (χ3v) is 6.36. The molecule has 7 heteroatoms. The standard InChI is InChI=1S/C20H34N4O3/c1-2-22-10-12-23(13-11-22)18(25)8-9-21-20(27)16-14-19(26)24(15-16)17-6-4-3-5-7-17/h16-17H,2-15H2,1H3,(H,21,27). The van der Waals surface area contributed by atoms with Crippen LogP contribution < -0.4 is 5.32 Å². The lowest BCUT2D eigenvalue weighted by atomic mass is 9.94. The van der Waals surface area contributed by atoms with Gasteiger partial charge in [-0.2, -0.15) is 0 Å². The summed E-state index contributed by atoms with van der Waals surface area (Å²) in [5, 5.41) is 2.88. The lowest BCUT2D eigenvalue weighted by Gasteiger charge is -2.34. The van der Waals surface area contributed by atoms with Crippen LogP contribution in [0.15, 0.2) is 0 Å². The highest BCUT2D eigenvalue weighted by Gasteiger charge is 2.38. The molecule has 0 radical (unpaired) electrons. The highest BCUT2D eigenvalue weighted by Crippen LogP contribution is 2.28. The fraction of sp³-hybridized carbons (Fsp3) is 0.850. The fourth-order valence-corrected chi connectivity index (χ4v) is 4.56. The van der Waals surface area contributed by atoms with Crippen molar-refractivity contribution < 1.29 is 14.4 Å². The van der Waals surface area contributed by atoms with Gasteiger partial charge in [0.1, 0.15) is 0 Å². The maximum Gasteiger partial charge on any atom is 0.225 e. The number of hydrogen-bond acceptors (Lipinski definition) is 4. The first-order valence-corrected chi connectivity index (χ1v) is 10.7. The number of nitrogens with zero attached hydrogens (tertiary/aromatic N) is 3. The van der Waals surface area contributed by atoms with Crippen LogP contribution in [0.2, 0.25) is 0 Å². The van der Waals surface area contributed by atoms with Crippen molar-refractivity contribution >= 4 is 17.7 Å². The third kappa shape index (κ3) is 5.21. The molecule has 0 spiro atoms. The van der Waals surface area contributed by atoms with E-state index >= 15 is 0 Å². The second kappa shape index (κ2) is 9.53. The van der Waals surface area contributed by atoms with E-state index in [2.05, 4.69) is 17.1 Å². The van der Waals surface area contributed by atoms with Gasteiger partial charge in [-0.05, 0) is 19.4 Å². The zero-order valence-corrected chi connectivity index (χ0v) is 16.6. The van der Waals surface area contributed by atoms with Crippen LogP contribution in [0.4, 0.5) is 0 Å². The summed E-state index contributed by atoms with van der Waals surface area (Å²) in [6, 6.07) is 0.326. The molecule has 27 heavy (non-hydrogen) atoms. The van der Waals surface area contributed by atoms with Crippen molar-refractivity contribution in [2.45, 2.75) is 57.9 Å². The normalized spacial score (nSPS) is 25.1. The molecule has 1 aliphatic carbocycles. The van der Waals surface area contributed by atoms with Gasteiger partial charge < -0.3 is 20.0 Å². The van der Waals surface area contributed by atoms with E-state index in [1.54, 1.807) is 0 Å². The Morgan fingerprint density at radius 3 is 2.44 bits per heavy atom. The molecule has 7 nitrogen and oxygen atoms in total. The van der Waals surface area contributed by atoms with Crippen LogP contribution in [0.1, 0.15) is 51.9 Å². The Morgan fingerprint density at radius 1 is 1.07 bits per heavy atom. The first kappa shape index (κ1) is 20.1.